The van der Waals surface area contributed by atoms with Crippen LogP contribution in [0.3, 0.4) is 0 Å². The average molecular weight is 836 g/mol. The zero-order valence-corrected chi connectivity index (χ0v) is 37.5. The first-order valence-corrected chi connectivity index (χ1v) is 20.2. The van der Waals surface area contributed by atoms with Gasteiger partial charge >= 0.3 is 0 Å². The molecule has 14 heteroatoms. The van der Waals surface area contributed by atoms with Crippen molar-refractivity contribution in [1.82, 2.24) is 14.8 Å². The highest BCUT2D eigenvalue weighted by molar-refractivity contribution is 5.80. The maximum atomic E-state index is 11.0. The summed E-state index contributed by atoms with van der Waals surface area (Å²) in [6.45, 7) is 12.4. The number of aliphatic hydroxyl groups excluding tert-OH is 1. The first-order chi connectivity index (χ1) is 28.5. The van der Waals surface area contributed by atoms with Gasteiger partial charge in [-0.15, -0.1) is 0 Å². The molecule has 0 spiro atoms. The summed E-state index contributed by atoms with van der Waals surface area (Å²) in [6.07, 6.45) is 16.7. The second-order valence-electron chi connectivity index (χ2n) is 15.4. The number of unbranched alkanes of at least 4 members (excludes halogenated alkanes) is 5. The van der Waals surface area contributed by atoms with Crippen molar-refractivity contribution in [3.05, 3.63) is 100 Å². The number of rotatable bonds is 24. The largest absolute Gasteiger partial charge is 0.513 e. The standard InChI is InChI=1S/C31H52N4O3.C14H18N2O3.CH3NO/c1-9-16-27(37-8)22-26(23-36)35(33)24(2)30(32)28-21-25(31(3,4)5)17-18-29(28)38-20-15-13-11-10-12-14-19-34(6)7;1-16(12(10-19)5-3-7-17)8-13-11(9-18)4-2-6-14(13)15;2-1-3/h9,16-18,21-23,36H,10-15,19-20,32-33H2,1-8H3;2,4,6-7,9-10,12H,3,5,8,15H2,1H3;1H,(H2,2,3)/b16-9-,26-23-,27-22+,30-24-;;. The number of nitrogens with zero attached hydrogens (tertiary/aromatic N) is 3. The first-order valence-electron chi connectivity index (χ1n) is 20.2. The predicted molar refractivity (Wildman–Crippen MR) is 243 cm³/mol. The molecule has 334 valence electrons. The van der Waals surface area contributed by atoms with Gasteiger partial charge in [0.15, 0.2) is 0 Å². The van der Waals surface area contributed by atoms with E-state index in [-0.39, 0.29) is 17.9 Å². The van der Waals surface area contributed by atoms with Crippen LogP contribution in [-0.4, -0.2) is 92.6 Å². The molecule has 2 aromatic carbocycles. The number of hydrazine groups is 1. The lowest BCUT2D eigenvalue weighted by Crippen LogP contribution is -2.33. The van der Waals surface area contributed by atoms with Gasteiger partial charge in [0.1, 0.15) is 36.6 Å². The molecule has 0 aromatic heterocycles. The molecule has 1 amide bonds. The molecule has 1 atom stereocenters. The molecule has 14 nitrogen and oxygen atoms in total. The van der Waals surface area contributed by atoms with Gasteiger partial charge in [0, 0.05) is 35.9 Å². The number of likely N-dealkylation sites (N-methyl/N-ethyl adjacent to an activating group) is 1. The van der Waals surface area contributed by atoms with Crippen LogP contribution >= 0.6 is 0 Å². The Morgan fingerprint density at radius 2 is 1.60 bits per heavy atom. The summed E-state index contributed by atoms with van der Waals surface area (Å²) in [5, 5.41) is 11.2. The van der Waals surface area contributed by atoms with Crippen LogP contribution in [0.25, 0.3) is 5.70 Å². The topological polar surface area (TPSA) is 221 Å². The zero-order valence-electron chi connectivity index (χ0n) is 37.5. The van der Waals surface area contributed by atoms with E-state index in [0.29, 0.717) is 65.7 Å². The van der Waals surface area contributed by atoms with Crippen molar-refractivity contribution < 1.29 is 33.8 Å². The Balaban J connectivity index is 0.00000131. The fraction of sp³-hybridized carbons (Fsp3) is 0.478. The number of methoxy groups -OCH3 is 1. The molecule has 2 aromatic rings. The van der Waals surface area contributed by atoms with Crippen LogP contribution in [0.2, 0.25) is 0 Å². The number of aliphatic hydroxyl groups is 1. The second-order valence-corrected chi connectivity index (χ2v) is 15.4. The van der Waals surface area contributed by atoms with E-state index in [1.165, 1.54) is 30.7 Å². The number of anilines is 1. The van der Waals surface area contributed by atoms with Crippen molar-refractivity contribution in [2.24, 2.45) is 17.3 Å². The summed E-state index contributed by atoms with van der Waals surface area (Å²) >= 11 is 0. The highest BCUT2D eigenvalue weighted by Crippen LogP contribution is 2.33. The Bertz CT molecular complexity index is 1710. The highest BCUT2D eigenvalue weighted by atomic mass is 16.5. The van der Waals surface area contributed by atoms with Crippen molar-refractivity contribution >= 4 is 36.7 Å². The van der Waals surface area contributed by atoms with Gasteiger partial charge in [-0.2, -0.15) is 0 Å². The Kier molecular flexibility index (Phi) is 27.8. The van der Waals surface area contributed by atoms with Gasteiger partial charge in [0.2, 0.25) is 6.41 Å². The quantitative estimate of drug-likeness (QED) is 0.0141. The van der Waals surface area contributed by atoms with E-state index in [1.54, 1.807) is 49.4 Å². The number of primary amides is 1. The smallest absolute Gasteiger partial charge is 0.204 e. The number of aldehydes is 3. The molecule has 60 heavy (non-hydrogen) atoms. The first kappa shape index (κ1) is 54.6. The zero-order chi connectivity index (χ0) is 45.7. The van der Waals surface area contributed by atoms with Gasteiger partial charge < -0.3 is 46.3 Å². The van der Waals surface area contributed by atoms with Crippen LogP contribution in [0.4, 0.5) is 5.69 Å². The van der Waals surface area contributed by atoms with Gasteiger partial charge in [-0.25, -0.2) is 5.84 Å². The third kappa shape index (κ3) is 20.5. The van der Waals surface area contributed by atoms with Gasteiger partial charge in [-0.1, -0.05) is 70.7 Å². The molecule has 0 saturated carbocycles. The fourth-order valence-corrected chi connectivity index (χ4v) is 5.84. The number of hydrogen-bond acceptors (Lipinski definition) is 13. The monoisotopic (exact) mass is 836 g/mol. The summed E-state index contributed by atoms with van der Waals surface area (Å²) in [7, 11) is 7.57. The third-order valence-electron chi connectivity index (χ3n) is 9.50. The number of carbonyl (C=O) groups is 4. The average Bonchev–Trinajstić information content (AvgIpc) is 3.22. The fourth-order valence-electron chi connectivity index (χ4n) is 5.84. The van der Waals surface area contributed by atoms with E-state index in [2.05, 4.69) is 57.6 Å². The summed E-state index contributed by atoms with van der Waals surface area (Å²) < 4.78 is 11.6. The Hall–Kier alpha value is -5.44. The number of hydrogen-bond donors (Lipinski definition) is 5. The minimum atomic E-state index is -0.357. The molecule has 0 aliphatic rings. The van der Waals surface area contributed by atoms with E-state index in [0.717, 1.165) is 61.4 Å². The van der Waals surface area contributed by atoms with Crippen LogP contribution in [0, 0.1) is 0 Å². The van der Waals surface area contributed by atoms with Crippen molar-refractivity contribution in [2.75, 3.05) is 47.1 Å². The van der Waals surface area contributed by atoms with E-state index >= 15 is 0 Å². The SMILES string of the molecule is CN(Cc1c(N)cccc1C=O)C(C=O)CCC=O.C\C=C/C(=C\C(=C\O)N(N)/C(C)=C(\N)c1cc(C(C)(C)C)ccc1OCCCCCCCCN(C)C)OC.NC=O. The Morgan fingerprint density at radius 1 is 0.967 bits per heavy atom. The number of allylic oxidation sites excluding steroid dienone is 4. The Morgan fingerprint density at radius 3 is 2.13 bits per heavy atom. The summed E-state index contributed by atoms with van der Waals surface area (Å²) in [5.74, 6) is 7.66. The molecule has 2 rings (SSSR count). The molecule has 0 fully saturated rings. The number of ether oxygens (including phenoxy) is 2. The van der Waals surface area contributed by atoms with Crippen molar-refractivity contribution in [3.8, 4) is 5.75 Å². The van der Waals surface area contributed by atoms with Crippen LogP contribution in [0.15, 0.2) is 78.0 Å². The van der Waals surface area contributed by atoms with Crippen LogP contribution in [0.5, 0.6) is 5.75 Å². The minimum Gasteiger partial charge on any atom is -0.513 e. The van der Waals surface area contributed by atoms with Crippen LogP contribution in [0.1, 0.15) is 113 Å². The van der Waals surface area contributed by atoms with Crippen LogP contribution < -0.4 is 27.8 Å². The lowest BCUT2D eigenvalue weighted by molar-refractivity contribution is -0.113. The highest BCUT2D eigenvalue weighted by Gasteiger charge is 2.20. The third-order valence-corrected chi connectivity index (χ3v) is 9.50. The summed E-state index contributed by atoms with van der Waals surface area (Å²) in [6, 6.07) is 10.9. The molecule has 0 saturated heterocycles. The van der Waals surface area contributed by atoms with Gasteiger partial charge in [0.25, 0.3) is 0 Å². The molecule has 1 unspecified atom stereocenters. The maximum absolute atomic E-state index is 11.0. The van der Waals surface area contributed by atoms with Crippen molar-refractivity contribution in [1.29, 1.82) is 0 Å². The van der Waals surface area contributed by atoms with Gasteiger partial charge in [-0.05, 0) is 102 Å². The molecule has 0 aliphatic heterocycles. The van der Waals surface area contributed by atoms with E-state index in [9.17, 15) is 19.5 Å². The lowest BCUT2D eigenvalue weighted by atomic mass is 9.85. The second kappa shape index (κ2) is 30.6. The molecule has 0 bridgehead atoms. The number of benzene rings is 2. The predicted octanol–water partition coefficient (Wildman–Crippen LogP) is 6.76. The van der Waals surface area contributed by atoms with Crippen molar-refractivity contribution in [3.63, 3.8) is 0 Å². The summed E-state index contributed by atoms with van der Waals surface area (Å²) in [4.78, 5) is 45.0. The number of amides is 1. The van der Waals surface area contributed by atoms with Crippen LogP contribution in [-0.2, 0) is 31.1 Å². The minimum absolute atomic E-state index is 0.0603. The molecular formula is C46H73N7O7. The van der Waals surface area contributed by atoms with Crippen molar-refractivity contribution in [2.45, 2.75) is 104 Å². The normalized spacial score (nSPS) is 12.7. The number of carbonyl (C=O) groups excluding carboxylic acids is 4. The molecule has 9 N–H and O–H groups in total. The van der Waals surface area contributed by atoms with E-state index < -0.39 is 0 Å². The summed E-state index contributed by atoms with van der Waals surface area (Å²) in [5.41, 5.74) is 21.7. The number of nitrogen functional groups attached to an aromatic ring is 1. The molecular weight excluding hydrogens is 763 g/mol. The lowest BCUT2D eigenvalue weighted by Gasteiger charge is -2.25. The Labute approximate surface area is 358 Å². The van der Waals surface area contributed by atoms with Gasteiger partial charge in [-0.3, -0.25) is 19.5 Å². The molecule has 0 heterocycles. The van der Waals surface area contributed by atoms with Gasteiger partial charge in [0.05, 0.1) is 36.8 Å². The number of nitrogens with two attached hydrogens (primary N) is 4. The molecule has 0 aliphatic carbocycles. The molecule has 0 radical (unpaired) electrons. The maximum Gasteiger partial charge on any atom is 0.204 e. The van der Waals surface area contributed by atoms with E-state index in [4.69, 9.17) is 31.6 Å². The van der Waals surface area contributed by atoms with E-state index in [1.807, 2.05) is 26.0 Å².